The smallest absolute Gasteiger partial charge is 0.111 e. The van der Waals surface area contributed by atoms with E-state index in [1.54, 1.807) is 0 Å². The Labute approximate surface area is 121 Å². The normalized spacial score (nSPS) is 11.7. The second-order valence-electron chi connectivity index (χ2n) is 5.80. The quantitative estimate of drug-likeness (QED) is 0.877. The fourth-order valence-electron chi connectivity index (χ4n) is 2.54. The number of aryl methyl sites for hydroxylation is 3. The topological polar surface area (TPSA) is 47.1 Å². The Morgan fingerprint density at radius 2 is 1.90 bits per heavy atom. The van der Waals surface area contributed by atoms with Crippen LogP contribution in [0.25, 0.3) is 11.0 Å². The zero-order chi connectivity index (χ0) is 14.7. The number of hydrogen-bond donors (Lipinski definition) is 1. The molecule has 0 atom stereocenters. The zero-order valence-electron chi connectivity index (χ0n) is 13.1. The largest absolute Gasteiger partial charge is 0.330 e. The van der Waals surface area contributed by atoms with Crippen molar-refractivity contribution in [1.29, 1.82) is 0 Å². The lowest BCUT2D eigenvalue weighted by Gasteiger charge is -2.12. The molecule has 1 aromatic carbocycles. The highest BCUT2D eigenvalue weighted by Gasteiger charge is 2.11. The molecule has 4 heteroatoms. The first-order valence-electron chi connectivity index (χ1n) is 7.34. The lowest BCUT2D eigenvalue weighted by molar-refractivity contribution is 0.386. The minimum Gasteiger partial charge on any atom is -0.330 e. The van der Waals surface area contributed by atoms with E-state index in [4.69, 9.17) is 10.7 Å². The molecule has 2 aromatic rings. The molecule has 0 amide bonds. The molecule has 0 unspecified atom stereocenters. The van der Waals surface area contributed by atoms with Crippen molar-refractivity contribution in [3.05, 3.63) is 29.1 Å². The van der Waals surface area contributed by atoms with Gasteiger partial charge in [0.25, 0.3) is 0 Å². The third kappa shape index (κ3) is 3.19. The highest BCUT2D eigenvalue weighted by Crippen LogP contribution is 2.21. The van der Waals surface area contributed by atoms with E-state index in [1.165, 1.54) is 16.6 Å². The number of hydrogen-bond acceptors (Lipinski definition) is 3. The first-order valence-corrected chi connectivity index (χ1v) is 7.34. The maximum atomic E-state index is 5.73. The van der Waals surface area contributed by atoms with Gasteiger partial charge in [0.2, 0.25) is 0 Å². The maximum absolute atomic E-state index is 5.73. The van der Waals surface area contributed by atoms with Crippen LogP contribution < -0.4 is 5.73 Å². The molecule has 20 heavy (non-hydrogen) atoms. The molecule has 0 spiro atoms. The van der Waals surface area contributed by atoms with Gasteiger partial charge in [-0.05, 0) is 70.7 Å². The Kier molecular flexibility index (Phi) is 4.78. The summed E-state index contributed by atoms with van der Waals surface area (Å²) in [5.41, 5.74) is 10.7. The van der Waals surface area contributed by atoms with E-state index in [-0.39, 0.29) is 0 Å². The molecular formula is C16H26N4. The standard InChI is InChI=1S/C16H26N4/c1-12-10-14-15(11-13(12)2)20(9-5-8-19(3)4)16(18-14)6-7-17/h10-11H,5-9,17H2,1-4H3. The predicted octanol–water partition coefficient (Wildman–Crippen LogP) is 2.11. The van der Waals surface area contributed by atoms with Gasteiger partial charge >= 0.3 is 0 Å². The van der Waals surface area contributed by atoms with Crippen LogP contribution in [0, 0.1) is 13.8 Å². The number of aromatic nitrogens is 2. The summed E-state index contributed by atoms with van der Waals surface area (Å²) < 4.78 is 2.35. The van der Waals surface area contributed by atoms with Gasteiger partial charge in [-0.2, -0.15) is 0 Å². The number of nitrogens with two attached hydrogens (primary N) is 1. The van der Waals surface area contributed by atoms with Gasteiger partial charge in [0.1, 0.15) is 5.82 Å². The Hall–Kier alpha value is -1.39. The molecule has 0 saturated heterocycles. The number of fused-ring (bicyclic) bond motifs is 1. The van der Waals surface area contributed by atoms with E-state index in [0.717, 1.165) is 37.3 Å². The molecule has 2 rings (SSSR count). The van der Waals surface area contributed by atoms with Crippen molar-refractivity contribution in [3.8, 4) is 0 Å². The summed E-state index contributed by atoms with van der Waals surface area (Å²) in [5.74, 6) is 1.12. The van der Waals surface area contributed by atoms with Crippen LogP contribution in [0.1, 0.15) is 23.4 Å². The minimum atomic E-state index is 0.648. The molecule has 0 radical (unpaired) electrons. The predicted molar refractivity (Wildman–Crippen MR) is 85.1 cm³/mol. The van der Waals surface area contributed by atoms with E-state index in [1.807, 2.05) is 0 Å². The molecule has 1 heterocycles. The SMILES string of the molecule is Cc1cc2nc(CCN)n(CCCN(C)C)c2cc1C. The Bertz CT molecular complexity index is 584. The highest BCUT2D eigenvalue weighted by molar-refractivity contribution is 5.78. The maximum Gasteiger partial charge on any atom is 0.111 e. The van der Waals surface area contributed by atoms with Gasteiger partial charge in [0.05, 0.1) is 11.0 Å². The van der Waals surface area contributed by atoms with Gasteiger partial charge < -0.3 is 15.2 Å². The van der Waals surface area contributed by atoms with Crippen molar-refractivity contribution >= 4 is 11.0 Å². The van der Waals surface area contributed by atoms with Crippen LogP contribution >= 0.6 is 0 Å². The van der Waals surface area contributed by atoms with Crippen LogP contribution in [0.5, 0.6) is 0 Å². The average Bonchev–Trinajstić information content (AvgIpc) is 2.68. The first kappa shape index (κ1) is 15.0. The Morgan fingerprint density at radius 3 is 2.55 bits per heavy atom. The first-order chi connectivity index (χ1) is 9.52. The molecule has 0 saturated carbocycles. The zero-order valence-corrected chi connectivity index (χ0v) is 13.1. The van der Waals surface area contributed by atoms with Crippen LogP contribution in [0.3, 0.4) is 0 Å². The van der Waals surface area contributed by atoms with Crippen molar-refractivity contribution in [2.24, 2.45) is 5.73 Å². The molecule has 2 N–H and O–H groups in total. The summed E-state index contributed by atoms with van der Waals surface area (Å²) in [7, 11) is 4.22. The molecule has 0 aliphatic rings. The molecule has 110 valence electrons. The van der Waals surface area contributed by atoms with Gasteiger partial charge in [0.15, 0.2) is 0 Å². The molecular weight excluding hydrogens is 248 g/mol. The third-order valence-corrected chi connectivity index (χ3v) is 3.80. The van der Waals surface area contributed by atoms with Crippen LogP contribution in [0.2, 0.25) is 0 Å². The van der Waals surface area contributed by atoms with Crippen LogP contribution in [0.15, 0.2) is 12.1 Å². The van der Waals surface area contributed by atoms with Crippen molar-refractivity contribution in [2.75, 3.05) is 27.2 Å². The van der Waals surface area contributed by atoms with Gasteiger partial charge in [-0.1, -0.05) is 0 Å². The number of imidazole rings is 1. The van der Waals surface area contributed by atoms with E-state index in [0.29, 0.717) is 6.54 Å². The monoisotopic (exact) mass is 274 g/mol. The van der Waals surface area contributed by atoms with E-state index in [2.05, 4.69) is 49.5 Å². The summed E-state index contributed by atoms with van der Waals surface area (Å²) >= 11 is 0. The van der Waals surface area contributed by atoms with Crippen molar-refractivity contribution in [1.82, 2.24) is 14.5 Å². The lowest BCUT2D eigenvalue weighted by atomic mass is 10.1. The van der Waals surface area contributed by atoms with Crippen LogP contribution in [0.4, 0.5) is 0 Å². The molecule has 1 aromatic heterocycles. The Morgan fingerprint density at radius 1 is 1.20 bits per heavy atom. The summed E-state index contributed by atoms with van der Waals surface area (Å²) in [6.07, 6.45) is 1.97. The Balaban J connectivity index is 2.37. The van der Waals surface area contributed by atoms with Crippen molar-refractivity contribution in [3.63, 3.8) is 0 Å². The molecule has 4 nitrogen and oxygen atoms in total. The average molecular weight is 274 g/mol. The number of rotatable bonds is 6. The summed E-state index contributed by atoms with van der Waals surface area (Å²) in [5, 5.41) is 0. The minimum absolute atomic E-state index is 0.648. The van der Waals surface area contributed by atoms with E-state index >= 15 is 0 Å². The van der Waals surface area contributed by atoms with Crippen LogP contribution in [-0.2, 0) is 13.0 Å². The van der Waals surface area contributed by atoms with E-state index in [9.17, 15) is 0 Å². The van der Waals surface area contributed by atoms with Gasteiger partial charge in [-0.3, -0.25) is 0 Å². The molecule has 0 fully saturated rings. The fourth-order valence-corrected chi connectivity index (χ4v) is 2.54. The van der Waals surface area contributed by atoms with E-state index < -0.39 is 0 Å². The lowest BCUT2D eigenvalue weighted by Crippen LogP contribution is -2.16. The molecule has 0 bridgehead atoms. The van der Waals surface area contributed by atoms with Crippen molar-refractivity contribution < 1.29 is 0 Å². The van der Waals surface area contributed by atoms with Crippen molar-refractivity contribution in [2.45, 2.75) is 33.2 Å². The number of nitrogens with zero attached hydrogens (tertiary/aromatic N) is 3. The second kappa shape index (κ2) is 6.37. The molecule has 0 aliphatic heterocycles. The summed E-state index contributed by atoms with van der Waals surface area (Å²) in [4.78, 5) is 6.99. The fraction of sp³-hybridized carbons (Fsp3) is 0.562. The third-order valence-electron chi connectivity index (χ3n) is 3.80. The van der Waals surface area contributed by atoms with Gasteiger partial charge in [-0.25, -0.2) is 4.98 Å². The second-order valence-corrected chi connectivity index (χ2v) is 5.80. The van der Waals surface area contributed by atoms with Crippen LogP contribution in [-0.4, -0.2) is 41.6 Å². The summed E-state index contributed by atoms with van der Waals surface area (Å²) in [6, 6.07) is 4.44. The van der Waals surface area contributed by atoms with Gasteiger partial charge in [0, 0.05) is 13.0 Å². The highest BCUT2D eigenvalue weighted by atomic mass is 15.1. The molecule has 0 aliphatic carbocycles. The number of benzene rings is 1. The summed E-state index contributed by atoms with van der Waals surface area (Å²) in [6.45, 7) is 7.05. The van der Waals surface area contributed by atoms with Gasteiger partial charge in [-0.15, -0.1) is 0 Å².